The Bertz CT molecular complexity index is 1690. The van der Waals surface area contributed by atoms with Crippen molar-refractivity contribution in [1.82, 2.24) is 37.2 Å². The predicted octanol–water partition coefficient (Wildman–Crippen LogP) is -5.38. The van der Waals surface area contributed by atoms with E-state index < -0.39 is 133 Å². The van der Waals surface area contributed by atoms with E-state index >= 15 is 0 Å². The van der Waals surface area contributed by atoms with Crippen LogP contribution in [0.3, 0.4) is 0 Å². The first kappa shape index (κ1) is 51.4. The lowest BCUT2D eigenvalue weighted by molar-refractivity contribution is -0.143. The number of hydrogen-bond acceptors (Lipinski definition) is 15. The number of phenolic OH excluding ortho intramolecular Hbond substituents is 1. The molecule has 1 aromatic rings. The maximum absolute atomic E-state index is 13.4. The number of hydrogen-bond donors (Lipinski definition) is 15. The van der Waals surface area contributed by atoms with E-state index in [1.807, 2.05) is 16.0 Å². The van der Waals surface area contributed by atoms with Crippen LogP contribution in [0.1, 0.15) is 38.7 Å². The lowest BCUT2D eigenvalue weighted by Gasteiger charge is -2.25. The van der Waals surface area contributed by atoms with Gasteiger partial charge in [-0.05, 0) is 30.0 Å². The zero-order chi connectivity index (χ0) is 45.0. The van der Waals surface area contributed by atoms with Gasteiger partial charge in [-0.2, -0.15) is 25.3 Å². The van der Waals surface area contributed by atoms with Crippen LogP contribution in [0.2, 0.25) is 0 Å². The first-order chi connectivity index (χ1) is 27.6. The van der Waals surface area contributed by atoms with Gasteiger partial charge >= 0.3 is 11.9 Å². The second-order valence-corrected chi connectivity index (χ2v) is 14.1. The summed E-state index contributed by atoms with van der Waals surface area (Å²) in [5, 5.41) is 53.4. The molecule has 1 rings (SSSR count). The van der Waals surface area contributed by atoms with Crippen LogP contribution in [-0.4, -0.2) is 147 Å². The fourth-order valence-corrected chi connectivity index (χ4v) is 5.35. The maximum Gasteiger partial charge on any atom is 0.327 e. The van der Waals surface area contributed by atoms with Crippen LogP contribution < -0.4 is 48.7 Å². The van der Waals surface area contributed by atoms with Crippen LogP contribution >= 0.6 is 25.3 Å². The lowest BCUT2D eigenvalue weighted by Crippen LogP contribution is -2.60. The predicted molar refractivity (Wildman–Crippen MR) is 212 cm³/mol. The number of primary amides is 1. The largest absolute Gasteiger partial charge is 0.508 e. The molecule has 0 fully saturated rings. The van der Waals surface area contributed by atoms with Crippen LogP contribution in [0.25, 0.3) is 0 Å². The Morgan fingerprint density at radius 1 is 0.644 bits per heavy atom. The molecule has 0 aliphatic rings. The van der Waals surface area contributed by atoms with E-state index in [-0.39, 0.29) is 30.3 Å². The molecule has 1 aromatic carbocycles. The number of rotatable bonds is 26. The van der Waals surface area contributed by atoms with Crippen molar-refractivity contribution in [3.05, 3.63) is 29.8 Å². The molecule has 15 N–H and O–H groups in total. The summed E-state index contributed by atoms with van der Waals surface area (Å²) in [6.45, 7) is 1.57. The topological polar surface area (TPSA) is 388 Å². The van der Waals surface area contributed by atoms with Gasteiger partial charge in [0, 0.05) is 17.9 Å². The molecule has 0 heterocycles. The molecule has 0 aliphatic heterocycles. The summed E-state index contributed by atoms with van der Waals surface area (Å²) in [7, 11) is 0. The van der Waals surface area contributed by atoms with Crippen LogP contribution in [0.15, 0.2) is 24.3 Å². The Kier molecular flexibility index (Phi) is 22.3. The summed E-state index contributed by atoms with van der Waals surface area (Å²) >= 11 is 7.78. The van der Waals surface area contributed by atoms with Gasteiger partial charge in [-0.1, -0.05) is 26.0 Å². The minimum Gasteiger partial charge on any atom is -0.508 e. The van der Waals surface area contributed by atoms with Crippen LogP contribution in [0.4, 0.5) is 0 Å². The van der Waals surface area contributed by atoms with E-state index in [2.05, 4.69) is 46.5 Å². The van der Waals surface area contributed by atoms with Gasteiger partial charge < -0.3 is 69.1 Å². The molecular weight excluding hydrogens is 823 g/mol. The molecule has 0 aromatic heterocycles. The number of aromatic hydroxyl groups is 1. The molecule has 0 saturated heterocycles. The van der Waals surface area contributed by atoms with Gasteiger partial charge in [0.1, 0.15) is 42.0 Å². The molecule has 328 valence electrons. The fourth-order valence-electron chi connectivity index (χ4n) is 4.94. The number of carboxylic acid groups (broad SMARTS) is 2. The first-order valence-electron chi connectivity index (χ1n) is 17.8. The molecule has 7 atom stereocenters. The van der Waals surface area contributed by atoms with Crippen molar-refractivity contribution < 1.29 is 68.4 Å². The number of aliphatic hydroxyl groups is 1. The highest BCUT2D eigenvalue weighted by molar-refractivity contribution is 7.80. The van der Waals surface area contributed by atoms with E-state index in [1.165, 1.54) is 24.3 Å². The number of aliphatic carboxylic acids is 2. The number of thiol groups is 2. The highest BCUT2D eigenvalue weighted by Gasteiger charge is 2.33. The monoisotopic (exact) mass is 873 g/mol. The minimum atomic E-state index is -1.92. The third-order valence-electron chi connectivity index (χ3n) is 7.99. The van der Waals surface area contributed by atoms with Crippen molar-refractivity contribution in [2.45, 2.75) is 81.8 Å². The van der Waals surface area contributed by atoms with Crippen molar-refractivity contribution in [3.8, 4) is 5.75 Å². The van der Waals surface area contributed by atoms with Crippen LogP contribution in [0, 0.1) is 5.92 Å². The van der Waals surface area contributed by atoms with Gasteiger partial charge in [-0.25, -0.2) is 4.79 Å². The third-order valence-corrected chi connectivity index (χ3v) is 8.75. The highest BCUT2D eigenvalue weighted by atomic mass is 32.1. The smallest absolute Gasteiger partial charge is 0.327 e. The van der Waals surface area contributed by atoms with Gasteiger partial charge in [0.15, 0.2) is 0 Å². The van der Waals surface area contributed by atoms with E-state index in [4.69, 9.17) is 16.6 Å². The molecule has 23 nitrogen and oxygen atoms in total. The normalized spacial score (nSPS) is 14.4. The Hall–Kier alpha value is -5.66. The number of carbonyl (C=O) groups is 10. The van der Waals surface area contributed by atoms with Gasteiger partial charge in [-0.15, -0.1) is 0 Å². The Morgan fingerprint density at radius 2 is 1.14 bits per heavy atom. The Labute approximate surface area is 348 Å². The molecule has 59 heavy (non-hydrogen) atoms. The van der Waals surface area contributed by atoms with Gasteiger partial charge in [0.05, 0.1) is 32.0 Å². The molecular formula is C34H51N9O14S2. The van der Waals surface area contributed by atoms with E-state index in [1.54, 1.807) is 13.8 Å². The van der Waals surface area contributed by atoms with E-state index in [0.717, 1.165) is 0 Å². The van der Waals surface area contributed by atoms with Crippen molar-refractivity contribution in [2.24, 2.45) is 17.4 Å². The number of amides is 8. The molecule has 25 heteroatoms. The molecule has 0 unspecified atom stereocenters. The Balaban J connectivity index is 3.16. The highest BCUT2D eigenvalue weighted by Crippen LogP contribution is 2.13. The zero-order valence-corrected chi connectivity index (χ0v) is 33.8. The molecule has 8 amide bonds. The van der Waals surface area contributed by atoms with Crippen LogP contribution in [-0.2, 0) is 54.4 Å². The summed E-state index contributed by atoms with van der Waals surface area (Å²) < 4.78 is 0. The molecule has 0 spiro atoms. The number of phenols is 1. The number of aliphatic hydroxyl groups excluding tert-OH is 1. The number of nitrogens with one attached hydrogen (secondary N) is 7. The molecule has 0 bridgehead atoms. The third kappa shape index (κ3) is 19.1. The van der Waals surface area contributed by atoms with Crippen molar-refractivity contribution in [2.75, 3.05) is 24.7 Å². The summed E-state index contributed by atoms with van der Waals surface area (Å²) in [6.07, 6.45) is -1.93. The summed E-state index contributed by atoms with van der Waals surface area (Å²) in [5.74, 6) is -12.1. The van der Waals surface area contributed by atoms with Crippen LogP contribution in [0.5, 0.6) is 5.75 Å². The van der Waals surface area contributed by atoms with Crippen molar-refractivity contribution in [3.63, 3.8) is 0 Å². The van der Waals surface area contributed by atoms with E-state index in [0.29, 0.717) is 5.56 Å². The second kappa shape index (κ2) is 25.6. The minimum absolute atomic E-state index is 0.0146. The van der Waals surface area contributed by atoms with Crippen molar-refractivity contribution in [1.29, 1.82) is 0 Å². The number of carbonyl (C=O) groups excluding carboxylic acids is 8. The summed E-state index contributed by atoms with van der Waals surface area (Å²) in [5.41, 5.74) is 11.5. The van der Waals surface area contributed by atoms with E-state index in [9.17, 15) is 63.3 Å². The molecule has 0 aliphatic carbocycles. The van der Waals surface area contributed by atoms with Gasteiger partial charge in [0.2, 0.25) is 47.3 Å². The standard InChI is InChI=1S/C34H51N9O14S2/c1-15(2)7-19(39-28(50)18(35)13-58)30(52)40-20(8-16-3-5-17(45)6-4-16)29(51)37-11-26(47)38-21(9-25(36)46)31(53)42-23(12-44)33(55)41-22(10-27(48)49)32(54)43-24(14-59)34(56)57/h3-6,15,18-24,44-45,58-59H,7-14,35H2,1-2H3,(H2,36,46)(H,37,51)(H,38,47)(H,39,50)(H,40,52)(H,41,55)(H,42,53)(H,43,54)(H,48,49)(H,56,57)/t18-,19-,20-,21-,22-,23-,24-/m0/s1. The van der Waals surface area contributed by atoms with Crippen molar-refractivity contribution >= 4 is 84.5 Å². The number of nitrogens with two attached hydrogens (primary N) is 2. The van der Waals surface area contributed by atoms with Gasteiger partial charge in [0.25, 0.3) is 0 Å². The summed E-state index contributed by atoms with van der Waals surface area (Å²) in [6, 6.07) is -5.12. The zero-order valence-electron chi connectivity index (χ0n) is 32.0. The summed E-state index contributed by atoms with van der Waals surface area (Å²) in [4.78, 5) is 126. The fraction of sp³-hybridized carbons (Fsp3) is 0.529. The molecule has 0 saturated carbocycles. The maximum atomic E-state index is 13.4. The number of benzene rings is 1. The number of carboxylic acids is 2. The average Bonchev–Trinajstić information content (AvgIpc) is 3.16. The Morgan fingerprint density at radius 3 is 1.63 bits per heavy atom. The SMILES string of the molecule is CC(C)C[C@H](NC(=O)[C@@H](N)CS)C(=O)N[C@@H](Cc1ccc(O)cc1)C(=O)NCC(=O)N[C@@H](CC(N)=O)C(=O)N[C@@H](CO)C(=O)N[C@@H](CC(=O)O)C(=O)N[C@@H](CS)C(=O)O. The first-order valence-corrected chi connectivity index (χ1v) is 19.1. The average molecular weight is 874 g/mol. The van der Waals surface area contributed by atoms with Gasteiger partial charge in [-0.3, -0.25) is 43.2 Å². The lowest BCUT2D eigenvalue weighted by atomic mass is 10.0. The quantitative estimate of drug-likeness (QED) is 0.0387. The molecule has 0 radical (unpaired) electrons. The second-order valence-electron chi connectivity index (χ2n) is 13.4.